The quantitative estimate of drug-likeness (QED) is 0.697. The van der Waals surface area contributed by atoms with Crippen molar-refractivity contribution in [2.45, 2.75) is 26.8 Å². The molecule has 0 saturated heterocycles. The van der Waals surface area contributed by atoms with Gasteiger partial charge in [-0.05, 0) is 30.5 Å². The van der Waals surface area contributed by atoms with E-state index in [4.69, 9.17) is 4.52 Å². The Hall–Kier alpha value is -2.55. The summed E-state index contributed by atoms with van der Waals surface area (Å²) in [4.78, 5) is 11.9. The normalized spacial score (nSPS) is 11.4. The monoisotopic (exact) mass is 366 g/mol. The second kappa shape index (κ2) is 8.02. The fourth-order valence-corrected chi connectivity index (χ4v) is 2.73. The van der Waals surface area contributed by atoms with E-state index in [0.29, 0.717) is 23.1 Å². The molecule has 0 aliphatic heterocycles. The van der Waals surface area contributed by atoms with Crippen LogP contribution in [-0.2, 0) is 23.0 Å². The Balaban J connectivity index is 1.88. The van der Waals surface area contributed by atoms with Crippen molar-refractivity contribution in [3.63, 3.8) is 0 Å². The lowest BCUT2D eigenvalue weighted by molar-refractivity contribution is 0.250. The van der Waals surface area contributed by atoms with Crippen LogP contribution in [0.25, 0.3) is 0 Å². The van der Waals surface area contributed by atoms with Gasteiger partial charge in [-0.25, -0.2) is 13.2 Å². The molecule has 2 amide bonds. The van der Waals surface area contributed by atoms with Gasteiger partial charge in [0, 0.05) is 11.8 Å². The second-order valence-electron chi connectivity index (χ2n) is 6.15. The van der Waals surface area contributed by atoms with Gasteiger partial charge in [0.2, 0.25) is 10.0 Å². The van der Waals surface area contributed by atoms with Gasteiger partial charge in [0.25, 0.3) is 0 Å². The van der Waals surface area contributed by atoms with Crippen molar-refractivity contribution >= 4 is 27.4 Å². The number of benzene rings is 1. The molecule has 0 atom stereocenters. The number of carbonyl (C=O) groups excluding carboxylic acids is 1. The number of rotatable bonds is 7. The number of urea groups is 1. The Labute approximate surface area is 147 Å². The lowest BCUT2D eigenvalue weighted by Crippen LogP contribution is -2.28. The van der Waals surface area contributed by atoms with Crippen LogP contribution in [-0.4, -0.2) is 25.9 Å². The molecule has 2 rings (SSSR count). The summed E-state index contributed by atoms with van der Waals surface area (Å²) in [7, 11) is -3.37. The van der Waals surface area contributed by atoms with Crippen LogP contribution >= 0.6 is 0 Å². The van der Waals surface area contributed by atoms with Crippen LogP contribution < -0.4 is 15.4 Å². The van der Waals surface area contributed by atoms with Gasteiger partial charge in [-0.1, -0.05) is 25.1 Å². The summed E-state index contributed by atoms with van der Waals surface area (Å²) in [6.45, 7) is 4.39. The van der Waals surface area contributed by atoms with E-state index in [1.807, 2.05) is 6.07 Å². The summed E-state index contributed by atoms with van der Waals surface area (Å²) < 4.78 is 30.0. The highest BCUT2D eigenvalue weighted by Crippen LogP contribution is 2.16. The Bertz CT molecular complexity index is 830. The van der Waals surface area contributed by atoms with Crippen molar-refractivity contribution in [3.8, 4) is 0 Å². The summed E-state index contributed by atoms with van der Waals surface area (Å²) in [5, 5.41) is 9.24. The van der Waals surface area contributed by atoms with Gasteiger partial charge < -0.3 is 15.2 Å². The SMILES string of the molecule is CC(C)Cc1cc(CNC(=O)Nc2cccc(NS(C)(=O)=O)c2)on1. The van der Waals surface area contributed by atoms with Crippen LogP contribution in [0.5, 0.6) is 0 Å². The zero-order valence-electron chi connectivity index (χ0n) is 14.4. The third kappa shape index (κ3) is 6.84. The summed E-state index contributed by atoms with van der Waals surface area (Å²) in [5.74, 6) is 1.04. The molecular weight excluding hydrogens is 344 g/mol. The van der Waals surface area contributed by atoms with Crippen LogP contribution in [0.4, 0.5) is 16.2 Å². The van der Waals surface area contributed by atoms with E-state index in [0.717, 1.165) is 18.4 Å². The van der Waals surface area contributed by atoms with Gasteiger partial charge in [-0.3, -0.25) is 4.72 Å². The zero-order valence-corrected chi connectivity index (χ0v) is 15.2. The molecule has 0 bridgehead atoms. The van der Waals surface area contributed by atoms with Crippen molar-refractivity contribution in [2.75, 3.05) is 16.3 Å². The maximum atomic E-state index is 11.9. The number of aromatic nitrogens is 1. The summed E-state index contributed by atoms with van der Waals surface area (Å²) in [6.07, 6.45) is 1.88. The van der Waals surface area contributed by atoms with E-state index in [2.05, 4.69) is 34.4 Å². The molecule has 0 unspecified atom stereocenters. The van der Waals surface area contributed by atoms with Crippen molar-refractivity contribution < 1.29 is 17.7 Å². The Morgan fingerprint density at radius 3 is 2.64 bits per heavy atom. The highest BCUT2D eigenvalue weighted by Gasteiger charge is 2.09. The molecule has 0 aliphatic carbocycles. The number of anilines is 2. The van der Waals surface area contributed by atoms with Crippen molar-refractivity contribution in [3.05, 3.63) is 41.8 Å². The van der Waals surface area contributed by atoms with Gasteiger partial charge in [-0.2, -0.15) is 0 Å². The average molecular weight is 366 g/mol. The third-order valence-corrected chi connectivity index (χ3v) is 3.68. The van der Waals surface area contributed by atoms with Gasteiger partial charge in [0.05, 0.1) is 24.2 Å². The van der Waals surface area contributed by atoms with E-state index >= 15 is 0 Å². The van der Waals surface area contributed by atoms with Gasteiger partial charge >= 0.3 is 6.03 Å². The second-order valence-corrected chi connectivity index (χ2v) is 7.89. The fraction of sp³-hybridized carbons (Fsp3) is 0.375. The molecule has 1 aromatic heterocycles. The Morgan fingerprint density at radius 1 is 1.24 bits per heavy atom. The molecule has 0 fully saturated rings. The molecule has 0 saturated carbocycles. The first-order valence-electron chi connectivity index (χ1n) is 7.78. The molecule has 8 nitrogen and oxygen atoms in total. The Morgan fingerprint density at radius 2 is 1.96 bits per heavy atom. The van der Waals surface area contributed by atoms with Crippen LogP contribution in [0.15, 0.2) is 34.9 Å². The van der Waals surface area contributed by atoms with Crippen molar-refractivity contribution in [2.24, 2.45) is 5.92 Å². The Kier molecular flexibility index (Phi) is 6.02. The van der Waals surface area contributed by atoms with Crippen LogP contribution in [0.2, 0.25) is 0 Å². The standard InChI is InChI=1S/C16H22N4O4S/c1-11(2)7-14-9-15(24-19-14)10-17-16(21)18-12-5-4-6-13(8-12)20-25(3,22)23/h4-6,8-9,11,20H,7,10H2,1-3H3,(H2,17,18,21). The van der Waals surface area contributed by atoms with E-state index < -0.39 is 16.1 Å². The number of amides is 2. The minimum atomic E-state index is -3.37. The molecular formula is C16H22N4O4S. The van der Waals surface area contributed by atoms with Gasteiger partial charge in [0.1, 0.15) is 0 Å². The first-order valence-corrected chi connectivity index (χ1v) is 9.67. The molecule has 9 heteroatoms. The fourth-order valence-electron chi connectivity index (χ4n) is 2.17. The lowest BCUT2D eigenvalue weighted by atomic mass is 10.1. The average Bonchev–Trinajstić information content (AvgIpc) is 2.90. The molecule has 1 heterocycles. The lowest BCUT2D eigenvalue weighted by Gasteiger charge is -2.09. The van der Waals surface area contributed by atoms with E-state index in [9.17, 15) is 13.2 Å². The molecule has 136 valence electrons. The molecule has 0 radical (unpaired) electrons. The first kappa shape index (κ1) is 18.8. The van der Waals surface area contributed by atoms with Gasteiger partial charge in [-0.15, -0.1) is 0 Å². The molecule has 1 aromatic carbocycles. The highest BCUT2D eigenvalue weighted by atomic mass is 32.2. The number of nitrogens with zero attached hydrogens (tertiary/aromatic N) is 1. The van der Waals surface area contributed by atoms with Gasteiger partial charge in [0.15, 0.2) is 5.76 Å². The predicted molar refractivity (Wildman–Crippen MR) is 95.8 cm³/mol. The topological polar surface area (TPSA) is 113 Å². The first-order chi connectivity index (χ1) is 11.7. The minimum absolute atomic E-state index is 0.207. The third-order valence-electron chi connectivity index (χ3n) is 3.07. The number of hydrogen-bond donors (Lipinski definition) is 3. The molecule has 2 aromatic rings. The van der Waals surface area contributed by atoms with Crippen LogP contribution in [0.3, 0.4) is 0 Å². The zero-order chi connectivity index (χ0) is 18.4. The number of nitrogens with one attached hydrogen (secondary N) is 3. The van der Waals surface area contributed by atoms with Crippen LogP contribution in [0.1, 0.15) is 25.3 Å². The highest BCUT2D eigenvalue weighted by molar-refractivity contribution is 7.92. The molecule has 0 spiro atoms. The van der Waals surface area contributed by atoms with Crippen LogP contribution in [0, 0.1) is 5.92 Å². The minimum Gasteiger partial charge on any atom is -0.359 e. The largest absolute Gasteiger partial charge is 0.359 e. The maximum Gasteiger partial charge on any atom is 0.319 e. The molecule has 0 aliphatic rings. The van der Waals surface area contributed by atoms with E-state index in [1.165, 1.54) is 6.07 Å². The molecule has 3 N–H and O–H groups in total. The number of hydrogen-bond acceptors (Lipinski definition) is 5. The number of carbonyl (C=O) groups is 1. The maximum absolute atomic E-state index is 11.9. The summed E-state index contributed by atoms with van der Waals surface area (Å²) in [6, 6.07) is 7.79. The van der Waals surface area contributed by atoms with Crippen molar-refractivity contribution in [1.82, 2.24) is 10.5 Å². The summed E-state index contributed by atoms with van der Waals surface area (Å²) >= 11 is 0. The smallest absolute Gasteiger partial charge is 0.319 e. The van der Waals surface area contributed by atoms with E-state index in [-0.39, 0.29) is 6.54 Å². The van der Waals surface area contributed by atoms with E-state index in [1.54, 1.807) is 18.2 Å². The molecule has 25 heavy (non-hydrogen) atoms. The van der Waals surface area contributed by atoms with Crippen molar-refractivity contribution in [1.29, 1.82) is 0 Å². The predicted octanol–water partition coefficient (Wildman–Crippen LogP) is 2.57. The number of sulfonamides is 1. The summed E-state index contributed by atoms with van der Waals surface area (Å²) in [5.41, 5.74) is 1.69.